The van der Waals surface area contributed by atoms with Gasteiger partial charge in [0, 0.05) is 30.0 Å². The molecule has 27 heavy (non-hydrogen) atoms. The summed E-state index contributed by atoms with van der Waals surface area (Å²) >= 11 is 1.43. The minimum atomic E-state index is -0.387. The lowest BCUT2D eigenvalue weighted by atomic mass is 10.1. The van der Waals surface area contributed by atoms with Crippen molar-refractivity contribution in [1.29, 1.82) is 0 Å². The fraction of sp³-hybridized carbons (Fsp3) is 0.350. The second-order valence-corrected chi connectivity index (χ2v) is 7.73. The van der Waals surface area contributed by atoms with E-state index in [0.29, 0.717) is 23.4 Å². The summed E-state index contributed by atoms with van der Waals surface area (Å²) in [7, 11) is 0. The van der Waals surface area contributed by atoms with Crippen molar-refractivity contribution < 1.29 is 14.4 Å². The molecule has 7 heteroatoms. The summed E-state index contributed by atoms with van der Waals surface area (Å²) in [6.07, 6.45) is 2.35. The van der Waals surface area contributed by atoms with Gasteiger partial charge in [0.15, 0.2) is 0 Å². The van der Waals surface area contributed by atoms with E-state index in [0.717, 1.165) is 35.4 Å². The lowest BCUT2D eigenvalue weighted by Crippen LogP contribution is -2.41. The summed E-state index contributed by atoms with van der Waals surface area (Å²) in [6, 6.07) is 8.93. The van der Waals surface area contributed by atoms with Gasteiger partial charge in [0.25, 0.3) is 11.8 Å². The second kappa shape index (κ2) is 8.35. The van der Waals surface area contributed by atoms with Crippen LogP contribution in [0, 0.1) is 6.92 Å². The van der Waals surface area contributed by atoms with Crippen LogP contribution in [-0.2, 0) is 17.8 Å². The average Bonchev–Trinajstić information content (AvgIpc) is 3.25. The van der Waals surface area contributed by atoms with Crippen LogP contribution in [0.1, 0.15) is 55.8 Å². The molecule has 1 aliphatic heterocycles. The first-order valence-electron chi connectivity index (χ1n) is 9.04. The van der Waals surface area contributed by atoms with Crippen molar-refractivity contribution in [2.75, 3.05) is 6.54 Å². The molecule has 142 valence electrons. The van der Waals surface area contributed by atoms with Gasteiger partial charge in [0.2, 0.25) is 5.91 Å². The molecule has 1 saturated heterocycles. The van der Waals surface area contributed by atoms with Crippen LogP contribution in [0.5, 0.6) is 0 Å². The quantitative estimate of drug-likeness (QED) is 0.777. The number of nitrogens with one attached hydrogen (secondary N) is 2. The molecule has 2 N–H and O–H groups in total. The predicted molar refractivity (Wildman–Crippen MR) is 104 cm³/mol. The topological polar surface area (TPSA) is 78.5 Å². The Morgan fingerprint density at radius 1 is 1.19 bits per heavy atom. The smallest absolute Gasteiger partial charge is 0.279 e. The SMILES string of the molecule is CCc1sc(C(=O)NNC(=O)c2cccc(CN3CCCC3=O)c2)cc1C. The van der Waals surface area contributed by atoms with Gasteiger partial charge in [-0.1, -0.05) is 19.1 Å². The number of carbonyl (C=O) groups excluding carboxylic acids is 3. The highest BCUT2D eigenvalue weighted by Crippen LogP contribution is 2.22. The third-order valence-electron chi connectivity index (χ3n) is 4.59. The van der Waals surface area contributed by atoms with E-state index in [2.05, 4.69) is 10.9 Å². The lowest BCUT2D eigenvalue weighted by Gasteiger charge is -2.16. The highest BCUT2D eigenvalue weighted by molar-refractivity contribution is 7.14. The molecule has 0 aliphatic carbocycles. The zero-order valence-corrected chi connectivity index (χ0v) is 16.3. The van der Waals surface area contributed by atoms with Gasteiger partial charge in [-0.05, 0) is 49.1 Å². The predicted octanol–water partition coefficient (Wildman–Crippen LogP) is 2.82. The molecule has 1 aromatic carbocycles. The van der Waals surface area contributed by atoms with Gasteiger partial charge in [0.1, 0.15) is 0 Å². The van der Waals surface area contributed by atoms with E-state index in [1.165, 1.54) is 11.3 Å². The highest BCUT2D eigenvalue weighted by Gasteiger charge is 2.20. The van der Waals surface area contributed by atoms with Gasteiger partial charge in [-0.2, -0.15) is 0 Å². The molecule has 0 radical (unpaired) electrons. The zero-order chi connectivity index (χ0) is 19.4. The third kappa shape index (κ3) is 4.54. The first-order chi connectivity index (χ1) is 13.0. The molecule has 2 heterocycles. The third-order valence-corrected chi connectivity index (χ3v) is 5.97. The molecule has 0 unspecified atom stereocenters. The van der Waals surface area contributed by atoms with Crippen LogP contribution < -0.4 is 10.9 Å². The van der Waals surface area contributed by atoms with Gasteiger partial charge in [-0.3, -0.25) is 25.2 Å². The molecule has 1 aromatic heterocycles. The van der Waals surface area contributed by atoms with Crippen LogP contribution in [0.4, 0.5) is 0 Å². The standard InChI is InChI=1S/C20H23N3O3S/c1-3-16-13(2)10-17(27-16)20(26)22-21-19(25)15-7-4-6-14(11-15)12-23-9-5-8-18(23)24/h4,6-7,10-11H,3,5,8-9,12H2,1-2H3,(H,21,25)(H,22,26). The maximum absolute atomic E-state index is 12.4. The fourth-order valence-electron chi connectivity index (χ4n) is 3.13. The molecule has 1 aliphatic rings. The molecule has 1 fully saturated rings. The Labute approximate surface area is 162 Å². The first-order valence-corrected chi connectivity index (χ1v) is 9.86. The molecule has 0 bridgehead atoms. The highest BCUT2D eigenvalue weighted by atomic mass is 32.1. The van der Waals surface area contributed by atoms with Gasteiger partial charge < -0.3 is 4.90 Å². The van der Waals surface area contributed by atoms with Crippen molar-refractivity contribution in [2.24, 2.45) is 0 Å². The Balaban J connectivity index is 1.59. The molecule has 0 atom stereocenters. The number of nitrogens with zero attached hydrogens (tertiary/aromatic N) is 1. The Kier molecular flexibility index (Phi) is 5.91. The number of carbonyl (C=O) groups is 3. The molecular formula is C20H23N3O3S. The van der Waals surface area contributed by atoms with Crippen molar-refractivity contribution in [1.82, 2.24) is 15.8 Å². The summed E-state index contributed by atoms with van der Waals surface area (Å²) in [6.45, 7) is 5.28. The summed E-state index contributed by atoms with van der Waals surface area (Å²) in [5.41, 5.74) is 7.35. The minimum Gasteiger partial charge on any atom is -0.338 e. The molecular weight excluding hydrogens is 362 g/mol. The number of thiophene rings is 1. The van der Waals surface area contributed by atoms with Crippen LogP contribution in [0.2, 0.25) is 0 Å². The first kappa shape index (κ1) is 19.1. The van der Waals surface area contributed by atoms with E-state index >= 15 is 0 Å². The number of benzene rings is 1. The molecule has 2 aromatic rings. The van der Waals surface area contributed by atoms with E-state index in [4.69, 9.17) is 0 Å². The average molecular weight is 385 g/mol. The molecule has 3 amide bonds. The zero-order valence-electron chi connectivity index (χ0n) is 15.5. The van der Waals surface area contributed by atoms with Crippen LogP contribution >= 0.6 is 11.3 Å². The van der Waals surface area contributed by atoms with E-state index in [9.17, 15) is 14.4 Å². The van der Waals surface area contributed by atoms with Crippen LogP contribution in [-0.4, -0.2) is 29.2 Å². The number of aryl methyl sites for hydroxylation is 2. The lowest BCUT2D eigenvalue weighted by molar-refractivity contribution is -0.128. The van der Waals surface area contributed by atoms with Gasteiger partial charge >= 0.3 is 0 Å². The second-order valence-electron chi connectivity index (χ2n) is 6.60. The van der Waals surface area contributed by atoms with Gasteiger partial charge in [-0.15, -0.1) is 11.3 Å². The van der Waals surface area contributed by atoms with Gasteiger partial charge in [-0.25, -0.2) is 0 Å². The van der Waals surface area contributed by atoms with Crippen LogP contribution in [0.15, 0.2) is 30.3 Å². The number of hydrogen-bond donors (Lipinski definition) is 2. The Bertz CT molecular complexity index is 875. The van der Waals surface area contributed by atoms with Crippen LogP contribution in [0.3, 0.4) is 0 Å². The van der Waals surface area contributed by atoms with Crippen molar-refractivity contribution in [3.05, 3.63) is 56.8 Å². The maximum atomic E-state index is 12.4. The summed E-state index contributed by atoms with van der Waals surface area (Å²) in [5.74, 6) is -0.563. The van der Waals surface area contributed by atoms with Crippen molar-refractivity contribution in [3.8, 4) is 0 Å². The Morgan fingerprint density at radius 2 is 1.96 bits per heavy atom. The van der Waals surface area contributed by atoms with Gasteiger partial charge in [0.05, 0.1) is 4.88 Å². The normalized spacial score (nSPS) is 13.7. The monoisotopic (exact) mass is 385 g/mol. The summed E-state index contributed by atoms with van der Waals surface area (Å²) in [5, 5.41) is 0. The van der Waals surface area contributed by atoms with E-state index in [1.54, 1.807) is 23.1 Å². The van der Waals surface area contributed by atoms with E-state index < -0.39 is 0 Å². The van der Waals surface area contributed by atoms with E-state index in [1.807, 2.05) is 26.0 Å². The Morgan fingerprint density at radius 3 is 2.63 bits per heavy atom. The molecule has 0 saturated carbocycles. The number of likely N-dealkylation sites (tertiary alicyclic amines) is 1. The number of amides is 3. The number of hydrazine groups is 1. The van der Waals surface area contributed by atoms with Crippen LogP contribution in [0.25, 0.3) is 0 Å². The van der Waals surface area contributed by atoms with E-state index in [-0.39, 0.29) is 17.7 Å². The van der Waals surface area contributed by atoms with Crippen molar-refractivity contribution in [2.45, 2.75) is 39.7 Å². The molecule has 6 nitrogen and oxygen atoms in total. The Hall–Kier alpha value is -2.67. The molecule has 3 rings (SSSR count). The summed E-state index contributed by atoms with van der Waals surface area (Å²) in [4.78, 5) is 39.9. The fourth-order valence-corrected chi connectivity index (χ4v) is 4.14. The number of rotatable bonds is 5. The maximum Gasteiger partial charge on any atom is 0.279 e. The largest absolute Gasteiger partial charge is 0.338 e. The minimum absolute atomic E-state index is 0.148. The summed E-state index contributed by atoms with van der Waals surface area (Å²) < 4.78 is 0. The number of hydrogen-bond acceptors (Lipinski definition) is 4. The van der Waals surface area contributed by atoms with Crippen molar-refractivity contribution >= 4 is 29.1 Å². The molecule has 0 spiro atoms. The van der Waals surface area contributed by atoms with Crippen molar-refractivity contribution in [3.63, 3.8) is 0 Å².